The molecule has 2 aromatic heterocycles. The van der Waals surface area contributed by atoms with Gasteiger partial charge < -0.3 is 9.30 Å². The number of morpholine rings is 1. The van der Waals surface area contributed by atoms with Crippen LogP contribution in [0.2, 0.25) is 0 Å². The molecule has 3 rings (SSSR count). The molecule has 0 aromatic carbocycles. The minimum Gasteiger partial charge on any atom is -0.368 e. The van der Waals surface area contributed by atoms with E-state index in [2.05, 4.69) is 31.1 Å². The van der Waals surface area contributed by atoms with Crippen molar-refractivity contribution in [2.75, 3.05) is 19.7 Å². The predicted octanol–water partition coefficient (Wildman–Crippen LogP) is 2.71. The van der Waals surface area contributed by atoms with Gasteiger partial charge in [0.05, 0.1) is 12.3 Å². The third-order valence-corrected chi connectivity index (χ3v) is 5.23. The summed E-state index contributed by atoms with van der Waals surface area (Å²) in [7, 11) is 1.77. The fourth-order valence-electron chi connectivity index (χ4n) is 2.72. The Balaban J connectivity index is 1.69. The van der Waals surface area contributed by atoms with Crippen LogP contribution in [0, 0.1) is 0 Å². The summed E-state index contributed by atoms with van der Waals surface area (Å²) in [6, 6.07) is 3.72. The smallest absolute Gasteiger partial charge is 0.250 e. The lowest BCUT2D eigenvalue weighted by molar-refractivity contribution is -0.0331. The summed E-state index contributed by atoms with van der Waals surface area (Å²) in [5.74, 6) is 0. The quantitative estimate of drug-likeness (QED) is 0.856. The first kappa shape index (κ1) is 17.3. The van der Waals surface area contributed by atoms with Gasteiger partial charge >= 0.3 is 0 Å². The first-order valence-corrected chi connectivity index (χ1v) is 9.16. The Labute approximate surface area is 146 Å². The Hall–Kier alpha value is -1.50. The number of nitrogens with zero attached hydrogens (tertiary/aromatic N) is 3. The standard InChI is InChI=1S/C18H25N3O2S/c1-18(2,3)15-12-24-17(19-15)14-11-21(7-8-23-14)10-13-5-6-20(4)16(22)9-13/h5-6,9,12,14H,7-8,10-11H2,1-4H3/t14-/m1/s1. The summed E-state index contributed by atoms with van der Waals surface area (Å²) in [4.78, 5) is 18.9. The van der Waals surface area contributed by atoms with Gasteiger partial charge in [-0.15, -0.1) is 11.3 Å². The normalized spacial score (nSPS) is 19.6. The van der Waals surface area contributed by atoms with Crippen molar-refractivity contribution in [3.8, 4) is 0 Å². The van der Waals surface area contributed by atoms with Crippen molar-refractivity contribution < 1.29 is 4.74 Å². The lowest BCUT2D eigenvalue weighted by Crippen LogP contribution is -2.38. The minimum absolute atomic E-state index is 0.0198. The molecule has 0 N–H and O–H groups in total. The average Bonchev–Trinajstić information content (AvgIpc) is 3.01. The summed E-state index contributed by atoms with van der Waals surface area (Å²) in [5, 5.41) is 3.19. The first-order valence-electron chi connectivity index (χ1n) is 8.28. The summed E-state index contributed by atoms with van der Waals surface area (Å²) >= 11 is 1.68. The van der Waals surface area contributed by atoms with E-state index < -0.39 is 0 Å². The van der Waals surface area contributed by atoms with E-state index >= 15 is 0 Å². The van der Waals surface area contributed by atoms with E-state index in [4.69, 9.17) is 9.72 Å². The minimum atomic E-state index is 0.0198. The van der Waals surface area contributed by atoms with Crippen LogP contribution < -0.4 is 5.56 Å². The molecule has 1 atom stereocenters. The zero-order valence-electron chi connectivity index (χ0n) is 14.8. The number of rotatable bonds is 3. The molecule has 0 amide bonds. The highest BCUT2D eigenvalue weighted by atomic mass is 32.1. The van der Waals surface area contributed by atoms with E-state index in [1.54, 1.807) is 29.0 Å². The fraction of sp³-hybridized carbons (Fsp3) is 0.556. The second-order valence-corrected chi connectivity index (χ2v) is 8.29. The molecular weight excluding hydrogens is 322 g/mol. The number of thiazole rings is 1. The van der Waals surface area contributed by atoms with Crippen molar-refractivity contribution >= 4 is 11.3 Å². The van der Waals surface area contributed by atoms with Crippen molar-refractivity contribution in [2.24, 2.45) is 7.05 Å². The van der Waals surface area contributed by atoms with E-state index in [-0.39, 0.29) is 17.1 Å². The van der Waals surface area contributed by atoms with Crippen LogP contribution in [0.15, 0.2) is 28.5 Å². The number of hydrogen-bond donors (Lipinski definition) is 0. The van der Waals surface area contributed by atoms with Gasteiger partial charge in [-0.2, -0.15) is 0 Å². The lowest BCUT2D eigenvalue weighted by Gasteiger charge is -2.32. The van der Waals surface area contributed by atoms with Gasteiger partial charge in [0.25, 0.3) is 5.56 Å². The van der Waals surface area contributed by atoms with Gasteiger partial charge in [0.15, 0.2) is 0 Å². The Bertz CT molecular complexity index is 760. The van der Waals surface area contributed by atoms with E-state index in [0.29, 0.717) is 6.61 Å². The molecule has 1 saturated heterocycles. The summed E-state index contributed by atoms with van der Waals surface area (Å²) < 4.78 is 7.53. The average molecular weight is 347 g/mol. The summed E-state index contributed by atoms with van der Waals surface area (Å²) in [6.07, 6.45) is 1.85. The van der Waals surface area contributed by atoms with Crippen LogP contribution in [0.4, 0.5) is 0 Å². The Morgan fingerprint density at radius 3 is 2.88 bits per heavy atom. The number of hydrogen-bond acceptors (Lipinski definition) is 5. The van der Waals surface area contributed by atoms with Crippen LogP contribution >= 0.6 is 11.3 Å². The molecule has 6 heteroatoms. The van der Waals surface area contributed by atoms with Crippen molar-refractivity contribution in [1.29, 1.82) is 0 Å². The van der Waals surface area contributed by atoms with Gasteiger partial charge in [-0.3, -0.25) is 9.69 Å². The Morgan fingerprint density at radius 1 is 1.42 bits per heavy atom. The molecule has 1 fully saturated rings. The van der Waals surface area contributed by atoms with Gasteiger partial charge in [-0.25, -0.2) is 4.98 Å². The van der Waals surface area contributed by atoms with Crippen molar-refractivity contribution in [3.63, 3.8) is 0 Å². The third kappa shape index (κ3) is 3.94. The molecule has 3 heterocycles. The van der Waals surface area contributed by atoms with Crippen LogP contribution in [0.3, 0.4) is 0 Å². The molecule has 1 aliphatic heterocycles. The van der Waals surface area contributed by atoms with E-state index in [1.807, 2.05) is 12.3 Å². The van der Waals surface area contributed by atoms with Gasteiger partial charge in [0, 0.05) is 49.7 Å². The maximum atomic E-state index is 11.8. The Kier molecular flexibility index (Phi) is 4.90. The van der Waals surface area contributed by atoms with Crippen LogP contribution in [-0.4, -0.2) is 34.1 Å². The van der Waals surface area contributed by atoms with Crippen LogP contribution in [0.1, 0.15) is 43.1 Å². The number of pyridine rings is 1. The lowest BCUT2D eigenvalue weighted by atomic mass is 9.93. The van der Waals surface area contributed by atoms with E-state index in [1.165, 1.54) is 0 Å². The summed E-state index contributed by atoms with van der Waals surface area (Å²) in [6.45, 7) is 9.68. The molecule has 130 valence electrons. The molecule has 0 spiro atoms. The highest BCUT2D eigenvalue weighted by Crippen LogP contribution is 2.30. The molecule has 0 aliphatic carbocycles. The molecule has 0 bridgehead atoms. The zero-order valence-corrected chi connectivity index (χ0v) is 15.6. The van der Waals surface area contributed by atoms with Crippen molar-refractivity contribution in [1.82, 2.24) is 14.5 Å². The van der Waals surface area contributed by atoms with Gasteiger partial charge in [0.1, 0.15) is 11.1 Å². The second-order valence-electron chi connectivity index (χ2n) is 7.40. The molecular formula is C18H25N3O2S. The van der Waals surface area contributed by atoms with Gasteiger partial charge in [-0.05, 0) is 11.6 Å². The monoisotopic (exact) mass is 347 g/mol. The molecule has 24 heavy (non-hydrogen) atoms. The van der Waals surface area contributed by atoms with Crippen molar-refractivity contribution in [2.45, 2.75) is 38.8 Å². The van der Waals surface area contributed by atoms with Crippen LogP contribution in [0.25, 0.3) is 0 Å². The molecule has 0 unspecified atom stereocenters. The third-order valence-electron chi connectivity index (χ3n) is 4.29. The van der Waals surface area contributed by atoms with Gasteiger partial charge in [-0.1, -0.05) is 20.8 Å². The molecule has 0 radical (unpaired) electrons. The molecule has 2 aromatic rings. The highest BCUT2D eigenvalue weighted by molar-refractivity contribution is 7.09. The first-order chi connectivity index (χ1) is 11.3. The zero-order chi connectivity index (χ0) is 17.3. The van der Waals surface area contributed by atoms with Crippen molar-refractivity contribution in [3.05, 3.63) is 50.3 Å². The maximum Gasteiger partial charge on any atom is 0.250 e. The molecule has 0 saturated carbocycles. The number of aromatic nitrogens is 2. The van der Waals surface area contributed by atoms with Crippen LogP contribution in [0.5, 0.6) is 0 Å². The fourth-order valence-corrected chi connectivity index (χ4v) is 3.81. The highest BCUT2D eigenvalue weighted by Gasteiger charge is 2.26. The second kappa shape index (κ2) is 6.78. The Morgan fingerprint density at radius 2 is 2.21 bits per heavy atom. The maximum absolute atomic E-state index is 11.8. The predicted molar refractivity (Wildman–Crippen MR) is 96.5 cm³/mol. The van der Waals surface area contributed by atoms with Crippen LogP contribution in [-0.2, 0) is 23.7 Å². The summed E-state index contributed by atoms with van der Waals surface area (Å²) in [5.41, 5.74) is 2.27. The number of aryl methyl sites for hydroxylation is 1. The molecule has 5 nitrogen and oxygen atoms in total. The SMILES string of the molecule is Cn1ccc(CN2CCO[C@@H](c3nc(C(C)(C)C)cs3)C2)cc1=O. The molecule has 1 aliphatic rings. The largest absolute Gasteiger partial charge is 0.368 e. The van der Waals surface area contributed by atoms with E-state index in [0.717, 1.165) is 35.9 Å². The van der Waals surface area contributed by atoms with Gasteiger partial charge in [0.2, 0.25) is 0 Å². The topological polar surface area (TPSA) is 47.4 Å². The van der Waals surface area contributed by atoms with E-state index in [9.17, 15) is 4.79 Å². The number of ether oxygens (including phenoxy) is 1.